The molecule has 0 spiro atoms. The van der Waals surface area contributed by atoms with Crippen LogP contribution in [0.15, 0.2) is 0 Å². The van der Waals surface area contributed by atoms with Crippen molar-refractivity contribution in [1.29, 1.82) is 0 Å². The molecule has 0 aliphatic rings. The molecule has 34 heavy (non-hydrogen) atoms. The van der Waals surface area contributed by atoms with Crippen molar-refractivity contribution in [3.63, 3.8) is 0 Å². The van der Waals surface area contributed by atoms with E-state index in [1.165, 1.54) is 122 Å². The van der Waals surface area contributed by atoms with Crippen molar-refractivity contribution in [3.8, 4) is 0 Å². The van der Waals surface area contributed by atoms with E-state index in [0.29, 0.717) is 25.4 Å². The normalized spacial score (nSPS) is 13.9. The first-order valence-corrected chi connectivity index (χ1v) is 17.3. The lowest BCUT2D eigenvalue weighted by molar-refractivity contribution is 0.0575. The van der Waals surface area contributed by atoms with Gasteiger partial charge in [0.05, 0.1) is 0 Å². The fourth-order valence-corrected chi connectivity index (χ4v) is 8.43. The highest BCUT2D eigenvalue weighted by atomic mass is 28.4. The molecule has 0 aromatic rings. The van der Waals surface area contributed by atoms with Crippen LogP contribution < -0.4 is 0 Å². The Kier molecular flexibility index (Phi) is 24.8. The minimum Gasteiger partial charge on any atom is -0.374 e. The standard InChI is InChI=1S/C30H64O3Si/c1-7-12-14-16-17-18-19-20-21-22-24-26-30(28-27-29(6)25-23-15-13-8-2)34(31-9-3,32-10-4)33-11-5/h29-30H,7-28H2,1-6H3. The molecule has 0 aromatic carbocycles. The van der Waals surface area contributed by atoms with Gasteiger partial charge in [0, 0.05) is 25.4 Å². The molecule has 4 heteroatoms. The maximum absolute atomic E-state index is 6.36. The molecule has 0 saturated carbocycles. The summed E-state index contributed by atoms with van der Waals surface area (Å²) in [7, 11) is -2.63. The van der Waals surface area contributed by atoms with Gasteiger partial charge in [0.15, 0.2) is 0 Å². The van der Waals surface area contributed by atoms with Crippen LogP contribution in [0.3, 0.4) is 0 Å². The zero-order valence-electron chi connectivity index (χ0n) is 24.4. The van der Waals surface area contributed by atoms with Crippen molar-refractivity contribution in [2.24, 2.45) is 5.92 Å². The fraction of sp³-hybridized carbons (Fsp3) is 1.00. The van der Waals surface area contributed by atoms with E-state index < -0.39 is 8.80 Å². The summed E-state index contributed by atoms with van der Waals surface area (Å²) in [5.41, 5.74) is 0.448. The molecule has 0 bridgehead atoms. The summed E-state index contributed by atoms with van der Waals surface area (Å²) in [5, 5.41) is 0. The number of rotatable bonds is 27. The highest BCUT2D eigenvalue weighted by molar-refractivity contribution is 6.62. The summed E-state index contributed by atoms with van der Waals surface area (Å²) >= 11 is 0. The molecular weight excluding hydrogens is 436 g/mol. The number of unbranched alkanes of at least 4 members (excludes halogenated alkanes) is 13. The van der Waals surface area contributed by atoms with Crippen LogP contribution in [0.5, 0.6) is 0 Å². The van der Waals surface area contributed by atoms with Gasteiger partial charge in [0.25, 0.3) is 0 Å². The van der Waals surface area contributed by atoms with Crippen molar-refractivity contribution in [2.45, 2.75) is 169 Å². The molecule has 0 heterocycles. The predicted molar refractivity (Wildman–Crippen MR) is 153 cm³/mol. The molecule has 0 N–H and O–H groups in total. The first-order valence-electron chi connectivity index (χ1n) is 15.5. The van der Waals surface area contributed by atoms with Gasteiger partial charge in [-0.05, 0) is 39.5 Å². The minimum atomic E-state index is -2.63. The van der Waals surface area contributed by atoms with Gasteiger partial charge in [-0.25, -0.2) is 0 Å². The number of hydrogen-bond acceptors (Lipinski definition) is 3. The van der Waals surface area contributed by atoms with Crippen LogP contribution in [0.1, 0.15) is 164 Å². The maximum Gasteiger partial charge on any atom is 0.504 e. The van der Waals surface area contributed by atoms with Gasteiger partial charge in [0.1, 0.15) is 0 Å². The van der Waals surface area contributed by atoms with Crippen LogP contribution in [0.25, 0.3) is 0 Å². The SMILES string of the molecule is CCCCCCCCCCCCCC(CCC(C)CCCCCC)[Si](OCC)(OCC)OCC. The summed E-state index contributed by atoms with van der Waals surface area (Å²) in [6.45, 7) is 15.4. The molecule has 0 radical (unpaired) electrons. The number of hydrogen-bond donors (Lipinski definition) is 0. The summed E-state index contributed by atoms with van der Waals surface area (Å²) in [6.07, 6.45) is 25.8. The van der Waals surface area contributed by atoms with E-state index in [2.05, 4.69) is 41.5 Å². The third-order valence-electron chi connectivity index (χ3n) is 7.25. The van der Waals surface area contributed by atoms with E-state index >= 15 is 0 Å². The molecule has 0 rings (SSSR count). The Labute approximate surface area is 216 Å². The molecule has 0 aliphatic heterocycles. The lowest BCUT2D eigenvalue weighted by Crippen LogP contribution is -2.50. The molecule has 0 amide bonds. The van der Waals surface area contributed by atoms with Crippen LogP contribution in [-0.2, 0) is 13.3 Å². The van der Waals surface area contributed by atoms with E-state index in [4.69, 9.17) is 13.3 Å². The van der Waals surface area contributed by atoms with Gasteiger partial charge in [-0.1, -0.05) is 130 Å². The third-order valence-corrected chi connectivity index (χ3v) is 10.9. The topological polar surface area (TPSA) is 27.7 Å². The summed E-state index contributed by atoms with van der Waals surface area (Å²) in [5.74, 6) is 0.785. The van der Waals surface area contributed by atoms with E-state index in [1.807, 2.05) is 0 Å². The van der Waals surface area contributed by atoms with Gasteiger partial charge in [-0.15, -0.1) is 0 Å². The molecule has 0 aliphatic carbocycles. The van der Waals surface area contributed by atoms with Crippen molar-refractivity contribution in [1.82, 2.24) is 0 Å². The Morgan fingerprint density at radius 3 is 1.26 bits per heavy atom. The highest BCUT2D eigenvalue weighted by Crippen LogP contribution is 2.37. The zero-order valence-corrected chi connectivity index (χ0v) is 25.4. The van der Waals surface area contributed by atoms with Crippen LogP contribution in [0.4, 0.5) is 0 Å². The largest absolute Gasteiger partial charge is 0.504 e. The summed E-state index contributed by atoms with van der Waals surface area (Å²) < 4.78 is 19.1. The predicted octanol–water partition coefficient (Wildman–Crippen LogP) is 10.5. The van der Waals surface area contributed by atoms with Gasteiger partial charge in [-0.2, -0.15) is 0 Å². The zero-order chi connectivity index (χ0) is 25.3. The Morgan fingerprint density at radius 2 is 0.824 bits per heavy atom. The third kappa shape index (κ3) is 17.5. The van der Waals surface area contributed by atoms with Crippen LogP contribution in [0, 0.1) is 5.92 Å². The average Bonchev–Trinajstić information content (AvgIpc) is 2.82. The molecule has 206 valence electrons. The molecule has 0 aromatic heterocycles. The van der Waals surface area contributed by atoms with E-state index in [-0.39, 0.29) is 0 Å². The molecule has 3 nitrogen and oxygen atoms in total. The van der Waals surface area contributed by atoms with Crippen molar-refractivity contribution in [2.75, 3.05) is 19.8 Å². The quantitative estimate of drug-likeness (QED) is 0.0829. The monoisotopic (exact) mass is 500 g/mol. The second kappa shape index (κ2) is 24.8. The van der Waals surface area contributed by atoms with Gasteiger partial charge in [-0.3, -0.25) is 0 Å². The summed E-state index contributed by atoms with van der Waals surface area (Å²) in [6, 6.07) is 0. The molecule has 2 atom stereocenters. The van der Waals surface area contributed by atoms with Crippen molar-refractivity contribution in [3.05, 3.63) is 0 Å². The maximum atomic E-state index is 6.36. The molecule has 0 fully saturated rings. The Bertz CT molecular complexity index is 387. The van der Waals surface area contributed by atoms with Crippen LogP contribution in [0.2, 0.25) is 5.54 Å². The Morgan fingerprint density at radius 1 is 0.441 bits per heavy atom. The minimum absolute atomic E-state index is 0.448. The van der Waals surface area contributed by atoms with Gasteiger partial charge >= 0.3 is 8.80 Å². The van der Waals surface area contributed by atoms with Crippen molar-refractivity contribution < 1.29 is 13.3 Å². The van der Waals surface area contributed by atoms with Crippen LogP contribution >= 0.6 is 0 Å². The van der Waals surface area contributed by atoms with E-state index in [1.54, 1.807) is 0 Å². The lowest BCUT2D eigenvalue weighted by atomic mass is 9.95. The van der Waals surface area contributed by atoms with E-state index in [9.17, 15) is 0 Å². The first kappa shape index (κ1) is 34.1. The molecule has 0 saturated heterocycles. The molecular formula is C30H64O3Si. The molecule has 2 unspecified atom stereocenters. The second-order valence-electron chi connectivity index (χ2n) is 10.5. The lowest BCUT2D eigenvalue weighted by Gasteiger charge is -2.36. The fourth-order valence-electron chi connectivity index (χ4n) is 5.18. The highest BCUT2D eigenvalue weighted by Gasteiger charge is 2.48. The van der Waals surface area contributed by atoms with Crippen LogP contribution in [-0.4, -0.2) is 28.6 Å². The Hall–Kier alpha value is 0.0969. The van der Waals surface area contributed by atoms with E-state index in [0.717, 1.165) is 5.92 Å². The first-order chi connectivity index (χ1) is 16.6. The summed E-state index contributed by atoms with van der Waals surface area (Å²) in [4.78, 5) is 0. The average molecular weight is 501 g/mol. The Balaban J connectivity index is 4.60. The van der Waals surface area contributed by atoms with Crippen molar-refractivity contribution >= 4 is 8.80 Å². The smallest absolute Gasteiger partial charge is 0.374 e. The van der Waals surface area contributed by atoms with Gasteiger partial charge < -0.3 is 13.3 Å². The van der Waals surface area contributed by atoms with Gasteiger partial charge in [0.2, 0.25) is 0 Å². The second-order valence-corrected chi connectivity index (χ2v) is 13.3.